The number of rotatable bonds is 3. The van der Waals surface area contributed by atoms with Crippen LogP contribution >= 0.6 is 0 Å². The third kappa shape index (κ3) is 3.25. The Morgan fingerprint density at radius 1 is 1.22 bits per heavy atom. The Morgan fingerprint density at radius 2 is 1.94 bits per heavy atom. The number of nitrogens with one attached hydrogen (secondary N) is 2. The van der Waals surface area contributed by atoms with Gasteiger partial charge in [-0.25, -0.2) is 0 Å². The number of anilines is 1. The normalized spacial score (nSPS) is 20.4. The molecular formula is C15H22N2O. The summed E-state index contributed by atoms with van der Waals surface area (Å²) in [6.07, 6.45) is 3.09. The average Bonchev–Trinajstić information content (AvgIpc) is 2.56. The smallest absolute Gasteiger partial charge is 0.242 e. The van der Waals surface area contributed by atoms with Gasteiger partial charge in [0.15, 0.2) is 0 Å². The molecule has 18 heavy (non-hydrogen) atoms. The monoisotopic (exact) mass is 246 g/mol. The van der Waals surface area contributed by atoms with Gasteiger partial charge in [0.05, 0.1) is 0 Å². The van der Waals surface area contributed by atoms with Crippen LogP contribution < -0.4 is 10.6 Å². The Bertz CT molecular complexity index is 397. The lowest BCUT2D eigenvalue weighted by molar-refractivity contribution is -0.121. The van der Waals surface area contributed by atoms with E-state index in [1.165, 1.54) is 5.56 Å². The van der Waals surface area contributed by atoms with E-state index in [9.17, 15) is 4.79 Å². The number of carbonyl (C=O) groups is 1. The van der Waals surface area contributed by atoms with Gasteiger partial charge in [-0.05, 0) is 42.9 Å². The molecule has 0 aliphatic carbocycles. The standard InChI is InChI=1S/C15H22N2O/c1-11(2)12-6-8-13(9-7-12)17-14-5-3-4-10-16-15(14)18/h6-9,11,14,17H,3-5,10H2,1-2H3,(H,16,18). The van der Waals surface area contributed by atoms with Gasteiger partial charge in [-0.15, -0.1) is 0 Å². The van der Waals surface area contributed by atoms with Crippen LogP contribution in [0.2, 0.25) is 0 Å². The van der Waals surface area contributed by atoms with Crippen LogP contribution in [0.1, 0.15) is 44.6 Å². The van der Waals surface area contributed by atoms with Crippen LogP contribution in [0.25, 0.3) is 0 Å². The van der Waals surface area contributed by atoms with Gasteiger partial charge < -0.3 is 10.6 Å². The predicted molar refractivity (Wildman–Crippen MR) is 74.8 cm³/mol. The molecule has 1 fully saturated rings. The first-order valence-electron chi connectivity index (χ1n) is 6.81. The third-order valence-corrected chi connectivity index (χ3v) is 3.45. The summed E-state index contributed by atoms with van der Waals surface area (Å²) in [6, 6.07) is 8.29. The Labute approximate surface area is 109 Å². The zero-order chi connectivity index (χ0) is 13.0. The molecular weight excluding hydrogens is 224 g/mol. The van der Waals surface area contributed by atoms with Gasteiger partial charge in [-0.3, -0.25) is 4.79 Å². The highest BCUT2D eigenvalue weighted by molar-refractivity contribution is 5.84. The van der Waals surface area contributed by atoms with Crippen molar-refractivity contribution in [2.75, 3.05) is 11.9 Å². The highest BCUT2D eigenvalue weighted by Gasteiger charge is 2.19. The highest BCUT2D eigenvalue weighted by atomic mass is 16.2. The largest absolute Gasteiger partial charge is 0.374 e. The van der Waals surface area contributed by atoms with Crippen molar-refractivity contribution < 1.29 is 4.79 Å². The molecule has 3 nitrogen and oxygen atoms in total. The fourth-order valence-corrected chi connectivity index (χ4v) is 2.24. The number of amides is 1. The van der Waals surface area contributed by atoms with E-state index in [1.807, 2.05) is 0 Å². The molecule has 0 aromatic heterocycles. The van der Waals surface area contributed by atoms with Crippen LogP contribution in [0.3, 0.4) is 0 Å². The van der Waals surface area contributed by atoms with Crippen molar-refractivity contribution in [2.45, 2.75) is 45.1 Å². The molecule has 3 heteroatoms. The summed E-state index contributed by atoms with van der Waals surface area (Å²) < 4.78 is 0. The lowest BCUT2D eigenvalue weighted by Crippen LogP contribution is -2.37. The maximum Gasteiger partial charge on any atom is 0.242 e. The Morgan fingerprint density at radius 3 is 2.61 bits per heavy atom. The molecule has 2 N–H and O–H groups in total. The molecule has 1 unspecified atom stereocenters. The topological polar surface area (TPSA) is 41.1 Å². The van der Waals surface area contributed by atoms with Crippen molar-refractivity contribution in [2.24, 2.45) is 0 Å². The fourth-order valence-electron chi connectivity index (χ4n) is 2.24. The summed E-state index contributed by atoms with van der Waals surface area (Å²) in [5.74, 6) is 0.667. The molecule has 1 atom stereocenters. The number of benzene rings is 1. The molecule has 2 rings (SSSR count). The summed E-state index contributed by atoms with van der Waals surface area (Å²) in [7, 11) is 0. The van der Waals surface area contributed by atoms with Crippen molar-refractivity contribution in [1.29, 1.82) is 0 Å². The average molecular weight is 246 g/mol. The number of hydrogen-bond donors (Lipinski definition) is 2. The molecule has 1 aromatic carbocycles. The Kier molecular flexibility index (Phi) is 4.24. The molecule has 0 spiro atoms. The van der Waals surface area contributed by atoms with Gasteiger partial charge in [-0.1, -0.05) is 26.0 Å². The first kappa shape index (κ1) is 12.9. The van der Waals surface area contributed by atoms with Gasteiger partial charge in [0, 0.05) is 12.2 Å². The Hall–Kier alpha value is -1.51. The van der Waals surface area contributed by atoms with Crippen molar-refractivity contribution >= 4 is 11.6 Å². The quantitative estimate of drug-likeness (QED) is 0.861. The van der Waals surface area contributed by atoms with Crippen molar-refractivity contribution in [1.82, 2.24) is 5.32 Å². The second kappa shape index (κ2) is 5.89. The number of hydrogen-bond acceptors (Lipinski definition) is 2. The van der Waals surface area contributed by atoms with E-state index in [4.69, 9.17) is 0 Å². The summed E-state index contributed by atoms with van der Waals surface area (Å²) in [6.45, 7) is 5.17. The minimum absolute atomic E-state index is 0.0857. The van der Waals surface area contributed by atoms with E-state index in [1.54, 1.807) is 0 Å². The molecule has 1 aliphatic heterocycles. The fraction of sp³-hybridized carbons (Fsp3) is 0.533. The van der Waals surface area contributed by atoms with Crippen LogP contribution in [0.15, 0.2) is 24.3 Å². The zero-order valence-corrected chi connectivity index (χ0v) is 11.2. The van der Waals surface area contributed by atoms with Crippen LogP contribution in [0.5, 0.6) is 0 Å². The number of carbonyl (C=O) groups excluding carboxylic acids is 1. The van der Waals surface area contributed by atoms with Crippen molar-refractivity contribution in [3.63, 3.8) is 0 Å². The predicted octanol–water partition coefficient (Wildman–Crippen LogP) is 2.89. The van der Waals surface area contributed by atoms with Gasteiger partial charge >= 0.3 is 0 Å². The van der Waals surface area contributed by atoms with Gasteiger partial charge in [0.2, 0.25) is 5.91 Å². The van der Waals surface area contributed by atoms with E-state index < -0.39 is 0 Å². The summed E-state index contributed by atoms with van der Waals surface area (Å²) in [5, 5.41) is 6.27. The lowest BCUT2D eigenvalue weighted by Gasteiger charge is -2.17. The van der Waals surface area contributed by atoms with E-state index in [-0.39, 0.29) is 11.9 Å². The summed E-state index contributed by atoms with van der Waals surface area (Å²) in [4.78, 5) is 11.8. The second-order valence-electron chi connectivity index (χ2n) is 5.26. The van der Waals surface area contributed by atoms with Crippen molar-refractivity contribution in [3.8, 4) is 0 Å². The molecule has 1 saturated heterocycles. The lowest BCUT2D eigenvalue weighted by atomic mass is 10.0. The molecule has 1 amide bonds. The second-order valence-corrected chi connectivity index (χ2v) is 5.26. The first-order valence-corrected chi connectivity index (χ1v) is 6.81. The van der Waals surface area contributed by atoms with Crippen LogP contribution in [0, 0.1) is 0 Å². The van der Waals surface area contributed by atoms with Gasteiger partial charge in [0.1, 0.15) is 6.04 Å². The molecule has 1 aliphatic rings. The minimum atomic E-state index is -0.0857. The minimum Gasteiger partial charge on any atom is -0.374 e. The highest BCUT2D eigenvalue weighted by Crippen LogP contribution is 2.19. The maximum atomic E-state index is 11.8. The van der Waals surface area contributed by atoms with E-state index in [0.717, 1.165) is 31.5 Å². The molecule has 1 heterocycles. The molecule has 0 radical (unpaired) electrons. The third-order valence-electron chi connectivity index (χ3n) is 3.45. The molecule has 0 bridgehead atoms. The molecule has 1 aromatic rings. The Balaban J connectivity index is 2.01. The van der Waals surface area contributed by atoms with Gasteiger partial charge in [0.25, 0.3) is 0 Å². The molecule has 0 saturated carbocycles. The van der Waals surface area contributed by atoms with E-state index in [2.05, 4.69) is 48.7 Å². The zero-order valence-electron chi connectivity index (χ0n) is 11.2. The summed E-state index contributed by atoms with van der Waals surface area (Å²) in [5.41, 5.74) is 2.35. The van der Waals surface area contributed by atoms with Crippen LogP contribution in [0.4, 0.5) is 5.69 Å². The van der Waals surface area contributed by atoms with Gasteiger partial charge in [-0.2, -0.15) is 0 Å². The van der Waals surface area contributed by atoms with E-state index in [0.29, 0.717) is 5.92 Å². The van der Waals surface area contributed by atoms with E-state index >= 15 is 0 Å². The first-order chi connectivity index (χ1) is 8.66. The molecule has 98 valence electrons. The summed E-state index contributed by atoms with van der Waals surface area (Å²) >= 11 is 0. The maximum absolute atomic E-state index is 11.8. The van der Waals surface area contributed by atoms with Crippen molar-refractivity contribution in [3.05, 3.63) is 29.8 Å². The van der Waals surface area contributed by atoms with Crippen LogP contribution in [-0.4, -0.2) is 18.5 Å². The van der Waals surface area contributed by atoms with Crippen LogP contribution in [-0.2, 0) is 4.79 Å². The SMILES string of the molecule is CC(C)c1ccc(NC2CCCCNC2=O)cc1.